The molecule has 0 aliphatic rings. The van der Waals surface area contributed by atoms with Crippen LogP contribution in [0.15, 0.2) is 0 Å². The predicted molar refractivity (Wildman–Crippen MR) is 12.2 cm³/mol. The molecule has 0 aromatic rings. The third kappa shape index (κ3) is 36.4. The van der Waals surface area contributed by atoms with Crippen molar-refractivity contribution in [3.05, 3.63) is 0 Å². The van der Waals surface area contributed by atoms with Gasteiger partial charge in [-0.25, -0.2) is 0 Å². The van der Waals surface area contributed by atoms with Crippen molar-refractivity contribution in [2.75, 3.05) is 0 Å². The number of carbonyl (C=O) groups excluding carboxylic acids is 1. The molecule has 9 heavy (non-hydrogen) atoms. The van der Waals surface area contributed by atoms with E-state index in [0.29, 0.717) is 6.47 Å². The van der Waals surface area contributed by atoms with Gasteiger partial charge in [0.2, 0.25) is 0 Å². The zero-order chi connectivity index (χ0) is 8.12. The second kappa shape index (κ2) is 30.9. The molecule has 2 nitrogen and oxygen atoms in total. The summed E-state index contributed by atoms with van der Waals surface area (Å²) in [6.07, 6.45) is 0. The number of hydrogen-bond donors (Lipinski definition) is 0. The molecule has 0 fully saturated rings. The number of carbonyl (C=O) groups is 1. The quantitative estimate of drug-likeness (QED) is 0.272. The van der Waals surface area contributed by atoms with E-state index in [-0.39, 0.29) is 0 Å². The van der Waals surface area contributed by atoms with E-state index in [1.807, 2.05) is 0 Å². The number of ether oxygens (including phenoxy) is 1. The third-order valence-electron chi connectivity index (χ3n) is 0.0962. The Morgan fingerprint density at radius 2 is 1.56 bits per heavy atom. The van der Waals surface area contributed by atoms with E-state index in [9.17, 15) is 0 Å². The first-order chi connectivity index (χ1) is 4.41. The molecule has 7 heteroatoms. The number of rotatable bonds is 2. The van der Waals surface area contributed by atoms with Crippen LogP contribution in [0.1, 0.15) is 0 Å². The fourth-order valence-electron chi connectivity index (χ4n) is 0.0196. The maximum absolute atomic E-state index is 9.13. The monoisotopic (exact) mass is 977 g/mol. The summed E-state index contributed by atoms with van der Waals surface area (Å²) in [4.78, 5) is 9.13. The molecule has 0 saturated heterocycles. The summed E-state index contributed by atoms with van der Waals surface area (Å²) in [5.74, 6) is 0. The van der Waals surface area contributed by atoms with Crippen LogP contribution in [0.3, 0.4) is 0 Å². The van der Waals surface area contributed by atoms with Gasteiger partial charge in [-0.3, -0.25) is 0 Å². The molecule has 0 saturated carbocycles. The molecule has 0 amide bonds. The van der Waals surface area contributed by atoms with Crippen molar-refractivity contribution in [1.29, 1.82) is 0 Å². The molecule has 0 unspecified atom stereocenters. The summed E-state index contributed by atoms with van der Waals surface area (Å²) in [5, 5.41) is 0. The van der Waals surface area contributed by atoms with Crippen molar-refractivity contribution < 1.29 is 93.8 Å². The Balaban J connectivity index is -0.0000000771. The fourth-order valence-corrected chi connectivity index (χ4v) is 0.161. The van der Waals surface area contributed by atoms with Crippen molar-refractivity contribution >= 4 is 11.1 Å². The third-order valence-corrected chi connectivity index (χ3v) is 0.442. The second-order valence-corrected chi connectivity index (χ2v) is 0.896. The van der Waals surface area contributed by atoms with Crippen LogP contribution < -0.4 is 0 Å². The second-order valence-electron chi connectivity index (χ2n) is 0.297. The van der Waals surface area contributed by atoms with Crippen LogP contribution in [0.5, 0.6) is 0 Å². The van der Waals surface area contributed by atoms with Gasteiger partial charge in [0.15, 0.2) is 0 Å². The van der Waals surface area contributed by atoms with Crippen molar-refractivity contribution in [2.24, 2.45) is 0 Å². The molecule has 0 atom stereocenters. The molecule has 52 valence electrons. The van der Waals surface area contributed by atoms with Gasteiger partial charge in [0, 0.05) is 0 Å². The molecule has 0 aromatic carbocycles. The Labute approximate surface area is 103 Å². The van der Waals surface area contributed by atoms with Crippen LogP contribution in [0.25, 0.3) is 0 Å². The Morgan fingerprint density at radius 1 is 1.22 bits per heavy atom. The first kappa shape index (κ1) is 17.8. The Morgan fingerprint density at radius 3 is 1.56 bits per heavy atom. The predicted octanol–water partition coefficient (Wildman–Crippen LogP) is -0.667. The van der Waals surface area contributed by atoms with E-state index in [4.69, 9.17) is 4.79 Å². The van der Waals surface area contributed by atoms with Crippen LogP contribution in [-0.2, 0) is 93.8 Å². The van der Waals surface area contributed by atoms with Crippen LogP contribution in [0, 0.1) is 0 Å². The average Bonchev–Trinajstić information content (AvgIpc) is 1.98. The van der Waals surface area contributed by atoms with Gasteiger partial charge in [-0.05, 0) is 0 Å². The van der Waals surface area contributed by atoms with E-state index in [2.05, 4.69) is 9.32 Å². The average molecular weight is 976 g/mol. The van der Waals surface area contributed by atoms with Crippen LogP contribution >= 0.6 is 0 Å². The van der Waals surface area contributed by atoms with E-state index in [1.54, 1.807) is 64.9 Å². The van der Waals surface area contributed by atoms with E-state index in [0.717, 1.165) is 19.4 Å². The molecule has 0 aliphatic carbocycles. The van der Waals surface area contributed by atoms with E-state index in [1.165, 1.54) is 0 Å². The maximum atomic E-state index is 9.13. The zero-order valence-electron chi connectivity index (χ0n) is 3.94. The van der Waals surface area contributed by atoms with Gasteiger partial charge in [0.1, 0.15) is 0 Å². The van der Waals surface area contributed by atoms with Gasteiger partial charge in [0.05, 0.1) is 0 Å². The summed E-state index contributed by atoms with van der Waals surface area (Å²) in [5.41, 5.74) is 0. The minimum atomic E-state index is 0.340. The van der Waals surface area contributed by atoms with Gasteiger partial charge in [-0.15, -0.1) is 0 Å². The van der Waals surface area contributed by atoms with Crippen molar-refractivity contribution in [3.8, 4) is 0 Å². The van der Waals surface area contributed by atoms with Gasteiger partial charge in [-0.2, -0.15) is 0 Å². The topological polar surface area (TPSA) is 26.3 Å². The minimum absolute atomic E-state index is 0.340. The molecule has 0 radical (unpaired) electrons. The van der Waals surface area contributed by atoms with Gasteiger partial charge < -0.3 is 0 Å². The molecule has 0 spiro atoms. The van der Waals surface area contributed by atoms with E-state index >= 15 is 0 Å². The number of hydrogen-bond acceptors (Lipinski definition) is 2. The summed E-state index contributed by atoms with van der Waals surface area (Å²) < 4.78 is 6.17. The van der Waals surface area contributed by atoms with Crippen molar-refractivity contribution in [2.45, 2.75) is 0 Å². The fraction of sp³-hybridized carbons (Fsp3) is 0. The summed E-state index contributed by atoms with van der Waals surface area (Å²) >= 11 is 7.69. The van der Waals surface area contributed by atoms with Crippen LogP contribution in [0.4, 0.5) is 0 Å². The Bertz CT molecular complexity index is 58.0. The molecular formula is C2HO2W5-. The summed E-state index contributed by atoms with van der Waals surface area (Å²) in [6, 6.07) is 0. The van der Waals surface area contributed by atoms with Crippen LogP contribution in [-0.4, -0.2) is 11.1 Å². The molecule has 0 rings (SSSR count). The SMILES string of the molecule is O=CO[C-]=[W].[W]=[W].[W]=[W]. The van der Waals surface area contributed by atoms with Gasteiger partial charge in [-0.1, -0.05) is 0 Å². The summed E-state index contributed by atoms with van der Waals surface area (Å²) in [7, 11) is 0. The Hall–Kier alpha value is 2.78. The van der Waals surface area contributed by atoms with Crippen molar-refractivity contribution in [3.63, 3.8) is 0 Å². The first-order valence-electron chi connectivity index (χ1n) is 1.21. The molecule has 0 aromatic heterocycles. The van der Waals surface area contributed by atoms with Gasteiger partial charge >= 0.3 is 105 Å². The van der Waals surface area contributed by atoms with Crippen molar-refractivity contribution in [1.82, 2.24) is 0 Å². The molecule has 0 aliphatic heterocycles. The van der Waals surface area contributed by atoms with E-state index < -0.39 is 0 Å². The standard InChI is InChI=1S/C2HO2.5W/c1-4-2-3;;;;;/h2H;;;;;/q-1;;;;;. The molecule has 0 heterocycles. The van der Waals surface area contributed by atoms with Crippen LogP contribution in [0.2, 0.25) is 0 Å². The van der Waals surface area contributed by atoms with Gasteiger partial charge in [0.25, 0.3) is 0 Å². The molecule has 0 bridgehead atoms. The summed E-state index contributed by atoms with van der Waals surface area (Å²) in [6.45, 7) is 0.340. The first-order valence-corrected chi connectivity index (χ1v) is 24.7. The normalized spacial score (nSPS) is 4.00. The zero-order valence-corrected chi connectivity index (χ0v) is 18.6. The Kier molecular flexibility index (Phi) is 60.9. The molecule has 0 N–H and O–H groups in total. The molecular weight excluding hydrogens is 975 g/mol.